The minimum absolute atomic E-state index is 0.0287. The quantitative estimate of drug-likeness (QED) is 0.781. The van der Waals surface area contributed by atoms with Gasteiger partial charge in [0.15, 0.2) is 0 Å². The van der Waals surface area contributed by atoms with Gasteiger partial charge in [-0.05, 0) is 24.0 Å². The third kappa shape index (κ3) is 2.22. The van der Waals surface area contributed by atoms with Gasteiger partial charge >= 0.3 is 0 Å². The number of aliphatic hydroxyl groups is 1. The van der Waals surface area contributed by atoms with E-state index in [1.807, 2.05) is 24.3 Å². The van der Waals surface area contributed by atoms with Crippen LogP contribution < -0.4 is 5.32 Å². The summed E-state index contributed by atoms with van der Waals surface area (Å²) < 4.78 is 0. The van der Waals surface area contributed by atoms with Crippen LogP contribution in [0.4, 0.5) is 0 Å². The lowest BCUT2D eigenvalue weighted by atomic mass is 9.89. The van der Waals surface area contributed by atoms with Crippen molar-refractivity contribution in [3.63, 3.8) is 0 Å². The summed E-state index contributed by atoms with van der Waals surface area (Å²) in [6.45, 7) is 0. The first kappa shape index (κ1) is 13.5. The number of fused-ring (bicyclic) bond motifs is 2. The number of benzene rings is 1. The van der Waals surface area contributed by atoms with Gasteiger partial charge in [0, 0.05) is 24.5 Å². The summed E-state index contributed by atoms with van der Waals surface area (Å²) >= 11 is 0. The van der Waals surface area contributed by atoms with Gasteiger partial charge < -0.3 is 15.4 Å². The number of imidazole rings is 1. The van der Waals surface area contributed by atoms with Gasteiger partial charge in [-0.1, -0.05) is 24.3 Å². The van der Waals surface area contributed by atoms with E-state index < -0.39 is 6.10 Å². The molecule has 1 aromatic heterocycles. The van der Waals surface area contributed by atoms with Crippen LogP contribution >= 0.6 is 0 Å². The average Bonchev–Trinajstić information content (AvgIpc) is 3.11. The van der Waals surface area contributed by atoms with Crippen molar-refractivity contribution < 1.29 is 9.90 Å². The topological polar surface area (TPSA) is 78.0 Å². The molecule has 5 heteroatoms. The van der Waals surface area contributed by atoms with Gasteiger partial charge in [-0.3, -0.25) is 4.79 Å². The number of aliphatic hydroxyl groups excluding tert-OH is 1. The van der Waals surface area contributed by atoms with Crippen molar-refractivity contribution in [2.24, 2.45) is 5.92 Å². The molecule has 0 spiro atoms. The van der Waals surface area contributed by atoms with E-state index in [1.165, 1.54) is 0 Å². The minimum Gasteiger partial charge on any atom is -0.390 e. The van der Waals surface area contributed by atoms with Crippen LogP contribution in [-0.4, -0.2) is 27.1 Å². The Morgan fingerprint density at radius 3 is 3.09 bits per heavy atom. The highest BCUT2D eigenvalue weighted by Crippen LogP contribution is 2.32. The van der Waals surface area contributed by atoms with Crippen LogP contribution in [0.25, 0.3) is 0 Å². The Bertz CT molecular complexity index is 709. The number of aromatic amines is 1. The number of carbonyl (C=O) groups is 1. The number of rotatable bonds is 2. The first-order chi connectivity index (χ1) is 10.7. The maximum atomic E-state index is 12.6. The van der Waals surface area contributed by atoms with E-state index in [1.54, 1.807) is 6.33 Å². The Labute approximate surface area is 128 Å². The van der Waals surface area contributed by atoms with Crippen molar-refractivity contribution in [2.75, 3.05) is 0 Å². The molecule has 1 aromatic carbocycles. The molecule has 0 bridgehead atoms. The minimum atomic E-state index is -0.535. The van der Waals surface area contributed by atoms with Crippen LogP contribution in [-0.2, 0) is 24.1 Å². The lowest BCUT2D eigenvalue weighted by Gasteiger charge is -2.24. The summed E-state index contributed by atoms with van der Waals surface area (Å²) in [6.07, 6.45) is 4.12. The molecule has 2 aliphatic carbocycles. The zero-order valence-electron chi connectivity index (χ0n) is 12.2. The van der Waals surface area contributed by atoms with Crippen molar-refractivity contribution in [1.82, 2.24) is 15.3 Å². The van der Waals surface area contributed by atoms with Crippen molar-refractivity contribution in [3.05, 3.63) is 53.1 Å². The van der Waals surface area contributed by atoms with E-state index in [0.29, 0.717) is 12.8 Å². The van der Waals surface area contributed by atoms with Crippen LogP contribution in [0, 0.1) is 5.92 Å². The fraction of sp³-hybridized carbons (Fsp3) is 0.412. The molecule has 1 heterocycles. The number of amides is 1. The molecule has 4 rings (SSSR count). The summed E-state index contributed by atoms with van der Waals surface area (Å²) in [5.41, 5.74) is 4.32. The van der Waals surface area contributed by atoms with Crippen LogP contribution in [0.15, 0.2) is 30.6 Å². The van der Waals surface area contributed by atoms with Gasteiger partial charge in [0.1, 0.15) is 0 Å². The maximum Gasteiger partial charge on any atom is 0.224 e. The van der Waals surface area contributed by atoms with E-state index in [-0.39, 0.29) is 17.9 Å². The number of nitrogens with zero attached hydrogens (tertiary/aromatic N) is 1. The molecular weight excluding hydrogens is 278 g/mol. The summed E-state index contributed by atoms with van der Waals surface area (Å²) in [7, 11) is 0. The largest absolute Gasteiger partial charge is 0.390 e. The molecule has 2 aliphatic rings. The molecule has 1 amide bonds. The molecule has 0 fully saturated rings. The first-order valence-electron chi connectivity index (χ1n) is 7.79. The van der Waals surface area contributed by atoms with Crippen LogP contribution in [0.1, 0.15) is 35.0 Å². The highest BCUT2D eigenvalue weighted by atomic mass is 16.3. The second-order valence-corrected chi connectivity index (χ2v) is 6.22. The second-order valence-electron chi connectivity index (χ2n) is 6.22. The number of aromatic nitrogens is 2. The summed E-state index contributed by atoms with van der Waals surface area (Å²) in [4.78, 5) is 20.0. The zero-order chi connectivity index (χ0) is 15.1. The fourth-order valence-electron chi connectivity index (χ4n) is 3.64. The SMILES string of the molecule is O=C(N[C@@H]1c2ccccc2C[C@H]1O)[C@H]1CCc2nc[nH]c2C1. The molecule has 0 aliphatic heterocycles. The van der Waals surface area contributed by atoms with Crippen LogP contribution in [0.3, 0.4) is 0 Å². The standard InChI is InChI=1S/C17H19N3O2/c21-15-8-10-3-1-2-4-12(10)16(15)20-17(22)11-5-6-13-14(7-11)19-9-18-13/h1-4,9,11,15-16,21H,5-8H2,(H,18,19)(H,20,22)/t11-,15+,16+/m0/s1. The predicted molar refractivity (Wildman–Crippen MR) is 81.1 cm³/mol. The molecule has 0 radical (unpaired) electrons. The van der Waals surface area contributed by atoms with Gasteiger partial charge in [-0.2, -0.15) is 0 Å². The summed E-state index contributed by atoms with van der Waals surface area (Å²) in [5.74, 6) is -0.0195. The Balaban J connectivity index is 1.49. The first-order valence-corrected chi connectivity index (χ1v) is 7.79. The number of H-pyrrole nitrogens is 1. The second kappa shape index (κ2) is 5.25. The molecule has 0 saturated heterocycles. The van der Waals surface area contributed by atoms with Gasteiger partial charge in [0.25, 0.3) is 0 Å². The number of hydrogen-bond donors (Lipinski definition) is 3. The monoisotopic (exact) mass is 297 g/mol. The third-order valence-corrected chi connectivity index (χ3v) is 4.86. The predicted octanol–water partition coefficient (Wildman–Crippen LogP) is 1.29. The van der Waals surface area contributed by atoms with Crippen LogP contribution in [0.5, 0.6) is 0 Å². The van der Waals surface area contributed by atoms with Gasteiger partial charge in [-0.25, -0.2) is 4.98 Å². The molecule has 2 aromatic rings. The van der Waals surface area contributed by atoms with Crippen LogP contribution in [0.2, 0.25) is 0 Å². The number of hydrogen-bond acceptors (Lipinski definition) is 3. The van der Waals surface area contributed by atoms with Crippen molar-refractivity contribution in [2.45, 2.75) is 37.8 Å². The lowest BCUT2D eigenvalue weighted by molar-refractivity contribution is -0.126. The Morgan fingerprint density at radius 1 is 1.32 bits per heavy atom. The van der Waals surface area contributed by atoms with E-state index in [0.717, 1.165) is 35.4 Å². The highest BCUT2D eigenvalue weighted by Gasteiger charge is 2.34. The smallest absolute Gasteiger partial charge is 0.224 e. The molecule has 114 valence electrons. The summed E-state index contributed by atoms with van der Waals surface area (Å²) in [5, 5.41) is 13.3. The Hall–Kier alpha value is -2.14. The average molecular weight is 297 g/mol. The van der Waals surface area contributed by atoms with Gasteiger partial charge in [0.05, 0.1) is 24.2 Å². The number of aryl methyl sites for hydroxylation is 1. The molecule has 22 heavy (non-hydrogen) atoms. The molecule has 5 nitrogen and oxygen atoms in total. The van der Waals surface area contributed by atoms with Crippen molar-refractivity contribution in [1.29, 1.82) is 0 Å². The normalized spacial score (nSPS) is 26.3. The van der Waals surface area contributed by atoms with E-state index in [2.05, 4.69) is 15.3 Å². The molecule has 0 unspecified atom stereocenters. The Morgan fingerprint density at radius 2 is 2.18 bits per heavy atom. The highest BCUT2D eigenvalue weighted by molar-refractivity contribution is 5.80. The summed E-state index contributed by atoms with van der Waals surface area (Å²) in [6, 6.07) is 7.64. The van der Waals surface area contributed by atoms with E-state index in [9.17, 15) is 9.90 Å². The lowest BCUT2D eigenvalue weighted by Crippen LogP contribution is -2.39. The zero-order valence-corrected chi connectivity index (χ0v) is 12.2. The number of carbonyl (C=O) groups excluding carboxylic acids is 1. The molecule has 0 saturated carbocycles. The fourth-order valence-corrected chi connectivity index (χ4v) is 3.64. The van der Waals surface area contributed by atoms with Crippen molar-refractivity contribution in [3.8, 4) is 0 Å². The Kier molecular flexibility index (Phi) is 3.22. The van der Waals surface area contributed by atoms with Gasteiger partial charge in [-0.15, -0.1) is 0 Å². The maximum absolute atomic E-state index is 12.6. The number of nitrogens with one attached hydrogen (secondary N) is 2. The molecule has 3 atom stereocenters. The molecular formula is C17H19N3O2. The van der Waals surface area contributed by atoms with Gasteiger partial charge in [0.2, 0.25) is 5.91 Å². The van der Waals surface area contributed by atoms with Crippen molar-refractivity contribution >= 4 is 5.91 Å². The van der Waals surface area contributed by atoms with E-state index >= 15 is 0 Å². The third-order valence-electron chi connectivity index (χ3n) is 4.86. The molecule has 3 N–H and O–H groups in total. The van der Waals surface area contributed by atoms with E-state index in [4.69, 9.17) is 0 Å².